The third-order valence-corrected chi connectivity index (χ3v) is 1.12. The van der Waals surface area contributed by atoms with Crippen LogP contribution in [0.1, 0.15) is 2.74 Å². The van der Waals surface area contributed by atoms with E-state index in [4.69, 9.17) is 12.2 Å². The van der Waals surface area contributed by atoms with Crippen molar-refractivity contribution in [1.29, 1.82) is 0 Å². The lowest BCUT2D eigenvalue weighted by Gasteiger charge is -2.01. The van der Waals surface area contributed by atoms with Crippen LogP contribution in [0.15, 0.2) is 24.2 Å². The second-order valence-electron chi connectivity index (χ2n) is 1.72. The molecule has 0 saturated heterocycles. The first-order valence-electron chi connectivity index (χ1n) is 3.88. The van der Waals surface area contributed by atoms with E-state index in [9.17, 15) is 0 Å². The summed E-state index contributed by atoms with van der Waals surface area (Å²) in [5, 5.41) is 0. The second-order valence-corrected chi connectivity index (χ2v) is 1.72. The fraction of sp³-hybridized carbons (Fsp3) is 0.250. The van der Waals surface area contributed by atoms with Gasteiger partial charge in [0.2, 0.25) is 0 Å². The largest absolute Gasteiger partial charge is 0.497 e. The summed E-state index contributed by atoms with van der Waals surface area (Å²) < 4.78 is 24.6. The monoisotopic (exact) mass is 140 g/mol. The minimum Gasteiger partial charge on any atom is -0.497 e. The maximum absolute atomic E-state index is 7.51. The molecule has 54 valence electrons. The molecule has 0 radical (unpaired) electrons. The molecule has 0 saturated carbocycles. The zero-order chi connectivity index (χ0) is 9.14. The molecule has 0 unspecified atom stereocenters. The molecule has 0 heterocycles. The third kappa shape index (κ3) is 1.41. The fourth-order valence-electron chi connectivity index (χ4n) is 0.607. The number of hydrogen-bond acceptors (Lipinski definition) is 2. The van der Waals surface area contributed by atoms with Gasteiger partial charge in [-0.2, -0.15) is 0 Å². The molecule has 2 nitrogen and oxygen atoms in total. The summed E-state index contributed by atoms with van der Waals surface area (Å²) >= 11 is 0. The van der Waals surface area contributed by atoms with Crippen LogP contribution in [0.2, 0.25) is 0 Å². The van der Waals surface area contributed by atoms with Crippen LogP contribution in [0.25, 0.3) is 0 Å². The minimum atomic E-state index is 0.177. The van der Waals surface area contributed by atoms with Crippen molar-refractivity contribution in [2.75, 3.05) is 14.2 Å². The lowest BCUT2D eigenvalue weighted by atomic mass is 10.3. The average Bonchev–Trinajstić information content (AvgIpc) is 2.08. The molecule has 0 fully saturated rings. The second kappa shape index (κ2) is 3.11. The third-order valence-electron chi connectivity index (χ3n) is 1.12. The van der Waals surface area contributed by atoms with Crippen LogP contribution in [0.4, 0.5) is 0 Å². The lowest BCUT2D eigenvalue weighted by molar-refractivity contribution is 0.394. The molecule has 0 aromatic heterocycles. The van der Waals surface area contributed by atoms with Crippen molar-refractivity contribution in [3.63, 3.8) is 0 Å². The highest BCUT2D eigenvalue weighted by Gasteiger charge is 1.91. The Morgan fingerprint density at radius 2 is 1.70 bits per heavy atom. The van der Waals surface area contributed by atoms with Crippen molar-refractivity contribution in [3.05, 3.63) is 24.2 Å². The molecule has 1 rings (SSSR count). The zero-order valence-electron chi connectivity index (χ0n) is 7.97. The highest BCUT2D eigenvalue weighted by atomic mass is 16.5. The van der Waals surface area contributed by atoms with Crippen LogP contribution in [-0.2, 0) is 0 Å². The number of rotatable bonds is 2. The summed E-state index contributed by atoms with van der Waals surface area (Å²) in [6.45, 7) is 0. The molecular weight excluding hydrogens is 128 g/mol. The van der Waals surface area contributed by atoms with Crippen molar-refractivity contribution >= 4 is 0 Å². The van der Waals surface area contributed by atoms with Gasteiger partial charge in [-0.15, -0.1) is 0 Å². The molecule has 1 aromatic carbocycles. The van der Waals surface area contributed by atoms with Gasteiger partial charge < -0.3 is 9.47 Å². The Kier molecular flexibility index (Phi) is 1.43. The van der Waals surface area contributed by atoms with Crippen LogP contribution in [-0.4, -0.2) is 14.2 Å². The molecule has 0 spiro atoms. The van der Waals surface area contributed by atoms with E-state index >= 15 is 0 Å². The van der Waals surface area contributed by atoms with E-state index in [1.54, 1.807) is 0 Å². The summed E-state index contributed by atoms with van der Waals surface area (Å²) in [6, 6.07) is 3.41. The van der Waals surface area contributed by atoms with E-state index in [0.717, 1.165) is 0 Å². The van der Waals surface area contributed by atoms with E-state index in [1.807, 2.05) is 0 Å². The van der Waals surface area contributed by atoms with Gasteiger partial charge in [-0.25, -0.2) is 0 Å². The zero-order valence-corrected chi connectivity index (χ0v) is 5.97. The Bertz CT molecular complexity index is 261. The minimum absolute atomic E-state index is 0.177. The van der Waals surface area contributed by atoms with Crippen LogP contribution in [0, 0.1) is 0 Å². The van der Waals surface area contributed by atoms with Gasteiger partial charge in [0.1, 0.15) is 11.5 Å². The normalized spacial score (nSPS) is 11.8. The number of methoxy groups -OCH3 is 2. The smallest absolute Gasteiger partial charge is 0.122 e. The van der Waals surface area contributed by atoms with Crippen molar-refractivity contribution in [2.24, 2.45) is 0 Å². The molecule has 10 heavy (non-hydrogen) atoms. The predicted molar refractivity (Wildman–Crippen MR) is 39.5 cm³/mol. The van der Waals surface area contributed by atoms with Gasteiger partial charge in [0.15, 0.2) is 0 Å². The van der Waals surface area contributed by atoms with E-state index in [1.165, 1.54) is 26.4 Å². The molecule has 0 atom stereocenters. The predicted octanol–water partition coefficient (Wildman–Crippen LogP) is 1.70. The van der Waals surface area contributed by atoms with E-state index in [0.29, 0.717) is 11.5 Å². The topological polar surface area (TPSA) is 18.5 Å². The van der Waals surface area contributed by atoms with E-state index in [-0.39, 0.29) is 12.1 Å². The Morgan fingerprint density at radius 1 is 1.20 bits per heavy atom. The van der Waals surface area contributed by atoms with Gasteiger partial charge in [0.25, 0.3) is 0 Å². The van der Waals surface area contributed by atoms with Gasteiger partial charge in [0, 0.05) is 6.04 Å². The van der Waals surface area contributed by atoms with Gasteiger partial charge in [-0.05, 0) is 12.1 Å². The summed E-state index contributed by atoms with van der Waals surface area (Å²) in [5.41, 5.74) is 0. The molecule has 0 aliphatic carbocycles. The quantitative estimate of drug-likeness (QED) is 0.622. The highest BCUT2D eigenvalue weighted by Crippen LogP contribution is 2.17. The summed E-state index contributed by atoms with van der Waals surface area (Å²) in [7, 11) is 2.93. The summed E-state index contributed by atoms with van der Waals surface area (Å²) in [6.07, 6.45) is 0. The molecule has 0 aliphatic heterocycles. The van der Waals surface area contributed by atoms with Crippen LogP contribution < -0.4 is 9.47 Å². The molecule has 1 aromatic rings. The lowest BCUT2D eigenvalue weighted by Crippen LogP contribution is -1.84. The fourth-order valence-corrected chi connectivity index (χ4v) is 0.607. The van der Waals surface area contributed by atoms with E-state index in [2.05, 4.69) is 0 Å². The van der Waals surface area contributed by atoms with Crippen molar-refractivity contribution in [3.8, 4) is 11.5 Å². The van der Waals surface area contributed by atoms with Gasteiger partial charge in [-0.1, -0.05) is 6.04 Å². The van der Waals surface area contributed by atoms with Crippen molar-refractivity contribution in [2.45, 2.75) is 0 Å². The maximum atomic E-state index is 7.51. The van der Waals surface area contributed by atoms with E-state index < -0.39 is 0 Å². The number of benzene rings is 1. The SMILES string of the molecule is [2H]c1cc(OC)c([2H])c(OC)c1. The number of hydrogen-bond donors (Lipinski definition) is 0. The van der Waals surface area contributed by atoms with Crippen molar-refractivity contribution in [1.82, 2.24) is 0 Å². The molecule has 2 heteroatoms. The van der Waals surface area contributed by atoms with Crippen LogP contribution in [0.5, 0.6) is 11.5 Å². The Balaban J connectivity index is 3.22. The maximum Gasteiger partial charge on any atom is 0.122 e. The first-order chi connectivity index (χ1) is 5.69. The van der Waals surface area contributed by atoms with Gasteiger partial charge in [0.05, 0.1) is 17.0 Å². The Labute approximate surface area is 63.2 Å². The molecule has 0 bridgehead atoms. The molecule has 0 N–H and O–H groups in total. The number of ether oxygens (including phenoxy) is 2. The van der Waals surface area contributed by atoms with Crippen LogP contribution in [0.3, 0.4) is 0 Å². The highest BCUT2D eigenvalue weighted by molar-refractivity contribution is 5.32. The van der Waals surface area contributed by atoms with Crippen molar-refractivity contribution < 1.29 is 12.2 Å². The van der Waals surface area contributed by atoms with Gasteiger partial charge in [-0.3, -0.25) is 0 Å². The molecular formula is C8H10O2. The first-order valence-corrected chi connectivity index (χ1v) is 2.88. The average molecular weight is 140 g/mol. The standard InChI is InChI=1S/C8H10O2/c1-9-7-4-3-5-8(6-7)10-2/h3-6H,1-2H3/i3D,6D. The Hall–Kier alpha value is -1.18. The van der Waals surface area contributed by atoms with Crippen LogP contribution >= 0.6 is 0 Å². The first kappa shape index (κ1) is 4.61. The molecule has 0 amide bonds. The Morgan fingerprint density at radius 3 is 2.10 bits per heavy atom. The molecule has 0 aliphatic rings. The summed E-state index contributed by atoms with van der Waals surface area (Å²) in [4.78, 5) is 0. The van der Waals surface area contributed by atoms with Gasteiger partial charge >= 0.3 is 0 Å². The summed E-state index contributed by atoms with van der Waals surface area (Å²) in [5.74, 6) is 0.721.